The Morgan fingerprint density at radius 1 is 1.19 bits per heavy atom. The topological polar surface area (TPSA) is 32.9 Å². The first-order valence-corrected chi connectivity index (χ1v) is 5.83. The number of thiol groups is 1. The normalized spacial score (nSPS) is 10.3. The predicted octanol–water partition coefficient (Wildman–Crippen LogP) is 2.72. The van der Waals surface area contributed by atoms with Gasteiger partial charge >= 0.3 is 0 Å². The first kappa shape index (κ1) is 11.0. The maximum atomic E-state index is 12.1. The van der Waals surface area contributed by atoms with Crippen LogP contribution in [0.4, 0.5) is 0 Å². The molecule has 2 aromatic rings. The van der Waals surface area contributed by atoms with Crippen LogP contribution >= 0.6 is 12.6 Å². The molecule has 0 atom stereocenters. The molecule has 0 spiro atoms. The van der Waals surface area contributed by atoms with Crippen molar-refractivity contribution in [2.45, 2.75) is 6.42 Å². The van der Waals surface area contributed by atoms with Crippen LogP contribution in [0.3, 0.4) is 0 Å². The molecule has 1 heterocycles. The molecule has 0 bridgehead atoms. The zero-order valence-electron chi connectivity index (χ0n) is 8.81. The maximum Gasteiger partial charge on any atom is 0.209 e. The van der Waals surface area contributed by atoms with E-state index in [4.69, 9.17) is 0 Å². The van der Waals surface area contributed by atoms with Gasteiger partial charge in [0, 0.05) is 11.8 Å². The van der Waals surface area contributed by atoms with Crippen LogP contribution < -0.4 is 0 Å². The van der Waals surface area contributed by atoms with Crippen molar-refractivity contribution in [3.63, 3.8) is 0 Å². The van der Waals surface area contributed by atoms with Gasteiger partial charge in [0.1, 0.15) is 0 Å². The van der Waals surface area contributed by atoms with Crippen LogP contribution in [0.1, 0.15) is 21.6 Å². The highest BCUT2D eigenvalue weighted by atomic mass is 32.1. The van der Waals surface area contributed by atoms with E-state index < -0.39 is 0 Å². The summed E-state index contributed by atoms with van der Waals surface area (Å²) >= 11 is 4.20. The second-order valence-electron chi connectivity index (χ2n) is 3.54. The van der Waals surface area contributed by atoms with Crippen molar-refractivity contribution in [3.8, 4) is 0 Å². The number of rotatable bonds is 4. The first-order chi connectivity index (χ1) is 7.83. The number of benzene rings is 1. The van der Waals surface area contributed by atoms with Gasteiger partial charge in [-0.2, -0.15) is 12.6 Å². The number of carbonyl (C=O) groups is 1. The lowest BCUT2D eigenvalue weighted by molar-refractivity contribution is 0.103. The van der Waals surface area contributed by atoms with Crippen LogP contribution in [0.2, 0.25) is 0 Å². The van der Waals surface area contributed by atoms with Gasteiger partial charge in [-0.25, -0.2) is 0 Å². The summed E-state index contributed by atoms with van der Waals surface area (Å²) in [6, 6.07) is 11.3. The monoisotopic (exact) mass is 231 g/mol. The molecule has 16 heavy (non-hydrogen) atoms. The lowest BCUT2D eigenvalue weighted by atomic mass is 10.00. The van der Waals surface area contributed by atoms with E-state index in [9.17, 15) is 4.79 Å². The number of hydrogen-bond donors (Lipinski definition) is 2. The molecule has 0 saturated carbocycles. The molecule has 0 radical (unpaired) electrons. The van der Waals surface area contributed by atoms with E-state index >= 15 is 0 Å². The van der Waals surface area contributed by atoms with Gasteiger partial charge in [-0.15, -0.1) is 0 Å². The molecule has 0 amide bonds. The second-order valence-corrected chi connectivity index (χ2v) is 3.99. The minimum absolute atomic E-state index is 0.0439. The molecule has 0 fully saturated rings. The Labute approximate surface area is 100 Å². The zero-order valence-corrected chi connectivity index (χ0v) is 9.71. The Balaban J connectivity index is 2.36. The minimum Gasteiger partial charge on any atom is -0.359 e. The third-order valence-electron chi connectivity index (χ3n) is 2.49. The average molecular weight is 231 g/mol. The average Bonchev–Trinajstić information content (AvgIpc) is 2.83. The number of hydrogen-bond acceptors (Lipinski definition) is 2. The predicted molar refractivity (Wildman–Crippen MR) is 68.2 cm³/mol. The minimum atomic E-state index is 0.0439. The highest BCUT2D eigenvalue weighted by Gasteiger charge is 2.12. The lowest BCUT2D eigenvalue weighted by Crippen LogP contribution is -2.06. The van der Waals surface area contributed by atoms with Crippen LogP contribution in [-0.2, 0) is 6.42 Å². The molecule has 0 aliphatic rings. The van der Waals surface area contributed by atoms with E-state index in [1.54, 1.807) is 12.3 Å². The van der Waals surface area contributed by atoms with Crippen molar-refractivity contribution in [2.75, 3.05) is 5.75 Å². The lowest BCUT2D eigenvalue weighted by Gasteiger charge is -2.06. The van der Waals surface area contributed by atoms with Gasteiger partial charge in [-0.3, -0.25) is 4.79 Å². The molecule has 0 saturated heterocycles. The molecule has 0 aliphatic heterocycles. The van der Waals surface area contributed by atoms with Gasteiger partial charge in [0.25, 0.3) is 0 Å². The standard InChI is InChI=1S/C13H13NOS/c15-13(12-6-3-8-14-12)11-5-2-1-4-10(11)7-9-16/h1-6,8,14,16H,7,9H2. The molecule has 1 N–H and O–H groups in total. The molecule has 2 nitrogen and oxygen atoms in total. The highest BCUT2D eigenvalue weighted by molar-refractivity contribution is 7.80. The van der Waals surface area contributed by atoms with Crippen LogP contribution in [0.25, 0.3) is 0 Å². The number of aryl methyl sites for hydroxylation is 1. The fourth-order valence-corrected chi connectivity index (χ4v) is 1.94. The number of aromatic nitrogens is 1. The van der Waals surface area contributed by atoms with Crippen LogP contribution in [0.15, 0.2) is 42.6 Å². The summed E-state index contributed by atoms with van der Waals surface area (Å²) in [6.07, 6.45) is 2.57. The van der Waals surface area contributed by atoms with E-state index in [0.29, 0.717) is 5.69 Å². The quantitative estimate of drug-likeness (QED) is 0.615. The number of H-pyrrole nitrogens is 1. The number of nitrogens with one attached hydrogen (secondary N) is 1. The van der Waals surface area contributed by atoms with Gasteiger partial charge in [-0.05, 0) is 29.9 Å². The summed E-state index contributed by atoms with van der Waals surface area (Å²) in [5.74, 6) is 0.789. The van der Waals surface area contributed by atoms with Crippen molar-refractivity contribution >= 4 is 18.4 Å². The fraction of sp³-hybridized carbons (Fsp3) is 0.154. The Kier molecular flexibility index (Phi) is 3.47. The van der Waals surface area contributed by atoms with Crippen molar-refractivity contribution in [1.29, 1.82) is 0 Å². The Hall–Kier alpha value is -1.48. The van der Waals surface area contributed by atoms with Gasteiger partial charge in [-0.1, -0.05) is 24.3 Å². The third-order valence-corrected chi connectivity index (χ3v) is 2.71. The van der Waals surface area contributed by atoms with E-state index in [0.717, 1.165) is 23.3 Å². The fourth-order valence-electron chi connectivity index (χ4n) is 1.70. The molecule has 1 aromatic carbocycles. The summed E-state index contributed by atoms with van der Waals surface area (Å²) in [5, 5.41) is 0. The molecular formula is C13H13NOS. The summed E-state index contributed by atoms with van der Waals surface area (Å²) in [4.78, 5) is 15.1. The molecule has 2 rings (SSSR count). The molecule has 0 aliphatic carbocycles. The molecular weight excluding hydrogens is 218 g/mol. The Morgan fingerprint density at radius 2 is 2.00 bits per heavy atom. The second kappa shape index (κ2) is 5.03. The van der Waals surface area contributed by atoms with Gasteiger partial charge < -0.3 is 4.98 Å². The van der Waals surface area contributed by atoms with E-state index in [-0.39, 0.29) is 5.78 Å². The number of ketones is 1. The molecule has 0 unspecified atom stereocenters. The summed E-state index contributed by atoms with van der Waals surface area (Å²) in [6.45, 7) is 0. The number of aromatic amines is 1. The van der Waals surface area contributed by atoms with Gasteiger partial charge in [0.15, 0.2) is 0 Å². The van der Waals surface area contributed by atoms with Gasteiger partial charge in [0.05, 0.1) is 5.69 Å². The SMILES string of the molecule is O=C(c1ccc[nH]1)c1ccccc1CCS. The van der Waals surface area contributed by atoms with Crippen molar-refractivity contribution in [3.05, 3.63) is 59.4 Å². The van der Waals surface area contributed by atoms with Crippen molar-refractivity contribution in [2.24, 2.45) is 0 Å². The summed E-state index contributed by atoms with van der Waals surface area (Å²) in [7, 11) is 0. The summed E-state index contributed by atoms with van der Waals surface area (Å²) in [5.41, 5.74) is 2.45. The van der Waals surface area contributed by atoms with Crippen LogP contribution in [-0.4, -0.2) is 16.5 Å². The number of carbonyl (C=O) groups excluding carboxylic acids is 1. The van der Waals surface area contributed by atoms with E-state index in [1.807, 2.05) is 30.3 Å². The molecule has 1 aromatic heterocycles. The largest absolute Gasteiger partial charge is 0.359 e. The molecule has 82 valence electrons. The Morgan fingerprint density at radius 3 is 2.69 bits per heavy atom. The smallest absolute Gasteiger partial charge is 0.209 e. The zero-order chi connectivity index (χ0) is 11.4. The van der Waals surface area contributed by atoms with Gasteiger partial charge in [0.2, 0.25) is 5.78 Å². The third kappa shape index (κ3) is 2.19. The van der Waals surface area contributed by atoms with Crippen LogP contribution in [0, 0.1) is 0 Å². The van der Waals surface area contributed by atoms with Crippen LogP contribution in [0.5, 0.6) is 0 Å². The highest BCUT2D eigenvalue weighted by Crippen LogP contribution is 2.14. The summed E-state index contributed by atoms with van der Waals surface area (Å²) < 4.78 is 0. The van der Waals surface area contributed by atoms with Crippen molar-refractivity contribution < 1.29 is 4.79 Å². The van der Waals surface area contributed by atoms with E-state index in [2.05, 4.69) is 17.6 Å². The Bertz CT molecular complexity index is 476. The van der Waals surface area contributed by atoms with E-state index in [1.165, 1.54) is 0 Å². The molecule has 3 heteroatoms. The maximum absolute atomic E-state index is 12.1. The first-order valence-electron chi connectivity index (χ1n) is 5.20. The van der Waals surface area contributed by atoms with Crippen molar-refractivity contribution in [1.82, 2.24) is 4.98 Å².